The minimum atomic E-state index is -0.425. The number of benzene rings is 4. The third kappa shape index (κ3) is 7.29. The molecule has 1 fully saturated rings. The molecule has 0 radical (unpaired) electrons. The Morgan fingerprint density at radius 3 is 2.36 bits per heavy atom. The number of rotatable bonds is 7. The second-order valence-corrected chi connectivity index (χ2v) is 16.1. The zero-order valence-corrected chi connectivity index (χ0v) is 34.2. The molecule has 0 bridgehead atoms. The van der Waals surface area contributed by atoms with Crippen LogP contribution in [0.15, 0.2) is 103 Å². The lowest BCUT2D eigenvalue weighted by Gasteiger charge is -2.41. The second-order valence-electron chi connectivity index (χ2n) is 16.1. The molecule has 3 amide bonds. The average molecular weight is 791 g/mol. The average Bonchev–Trinajstić information content (AvgIpc) is 3.80. The van der Waals surface area contributed by atoms with E-state index in [1.165, 1.54) is 5.56 Å². The smallest absolute Gasteiger partial charge is 0.409 e. The molecule has 0 saturated carbocycles. The number of ether oxygens (including phenoxy) is 2. The predicted octanol–water partition coefficient (Wildman–Crippen LogP) is 7.23. The van der Waals surface area contributed by atoms with Crippen molar-refractivity contribution in [3.63, 3.8) is 0 Å². The molecule has 302 valence electrons. The largest absolute Gasteiger partial charge is 0.415 e. The minimum absolute atomic E-state index is 0.0571. The van der Waals surface area contributed by atoms with Crippen molar-refractivity contribution in [3.05, 3.63) is 142 Å². The fourth-order valence-corrected chi connectivity index (χ4v) is 9.02. The zero-order chi connectivity index (χ0) is 40.8. The van der Waals surface area contributed by atoms with Crippen LogP contribution in [0.2, 0.25) is 0 Å². The van der Waals surface area contributed by atoms with E-state index in [2.05, 4.69) is 29.2 Å². The van der Waals surface area contributed by atoms with Crippen molar-refractivity contribution in [1.82, 2.24) is 23.8 Å². The van der Waals surface area contributed by atoms with E-state index < -0.39 is 6.09 Å². The summed E-state index contributed by atoms with van der Waals surface area (Å²) in [5.74, 6) is 0.322. The van der Waals surface area contributed by atoms with Crippen molar-refractivity contribution in [1.29, 1.82) is 0 Å². The SMILES string of the molecule is Cc1c(C(=O)N(C)c2ccccc2)cc(-c2cc3c(cc2C(=O)N2Cc4ccccc4C[C@H]2CN2CCOCC2)CN(C(=O)Oc2cccc4c2ccn4C)CC3)n1C. The number of aryl methyl sites for hydroxylation is 1. The number of amides is 3. The second kappa shape index (κ2) is 15.9. The molecule has 59 heavy (non-hydrogen) atoms. The van der Waals surface area contributed by atoms with E-state index in [4.69, 9.17) is 9.47 Å². The quantitative estimate of drug-likeness (QED) is 0.170. The van der Waals surface area contributed by atoms with Gasteiger partial charge < -0.3 is 33.3 Å². The number of hydrogen-bond acceptors (Lipinski definition) is 6. The van der Waals surface area contributed by atoms with E-state index >= 15 is 4.79 Å². The van der Waals surface area contributed by atoms with Gasteiger partial charge in [-0.15, -0.1) is 0 Å². The van der Waals surface area contributed by atoms with Crippen molar-refractivity contribution in [3.8, 4) is 17.0 Å². The van der Waals surface area contributed by atoms with Gasteiger partial charge in [-0.1, -0.05) is 48.5 Å². The molecule has 11 heteroatoms. The van der Waals surface area contributed by atoms with Crippen molar-refractivity contribution in [2.75, 3.05) is 51.3 Å². The van der Waals surface area contributed by atoms with Crippen LogP contribution in [0.5, 0.6) is 5.75 Å². The highest BCUT2D eigenvalue weighted by atomic mass is 16.6. The summed E-state index contributed by atoms with van der Waals surface area (Å²) in [6.45, 7) is 6.96. The number of aromatic nitrogens is 2. The fraction of sp³-hybridized carbons (Fsp3) is 0.312. The number of carbonyl (C=O) groups excluding carboxylic acids is 3. The first-order valence-corrected chi connectivity index (χ1v) is 20.5. The van der Waals surface area contributed by atoms with Gasteiger partial charge in [-0.3, -0.25) is 14.5 Å². The van der Waals surface area contributed by atoms with Crippen LogP contribution in [0, 0.1) is 6.92 Å². The summed E-state index contributed by atoms with van der Waals surface area (Å²) in [6.07, 6.45) is 2.87. The lowest BCUT2D eigenvalue weighted by atomic mass is 9.89. The summed E-state index contributed by atoms with van der Waals surface area (Å²) in [5.41, 5.74) is 9.66. The number of fused-ring (bicyclic) bond motifs is 3. The molecule has 2 aromatic heterocycles. The molecule has 0 spiro atoms. The van der Waals surface area contributed by atoms with Crippen LogP contribution < -0.4 is 9.64 Å². The Morgan fingerprint density at radius 1 is 0.797 bits per heavy atom. The van der Waals surface area contributed by atoms with Gasteiger partial charge in [0, 0.05) is 106 Å². The summed E-state index contributed by atoms with van der Waals surface area (Å²) in [6, 6.07) is 31.7. The summed E-state index contributed by atoms with van der Waals surface area (Å²) < 4.78 is 15.7. The third-order valence-corrected chi connectivity index (χ3v) is 12.6. The van der Waals surface area contributed by atoms with Crippen LogP contribution in [0.25, 0.3) is 22.2 Å². The van der Waals surface area contributed by atoms with Crippen molar-refractivity contribution < 1.29 is 23.9 Å². The van der Waals surface area contributed by atoms with Crippen molar-refractivity contribution in [2.24, 2.45) is 14.1 Å². The van der Waals surface area contributed by atoms with Crippen LogP contribution in [-0.4, -0.2) is 94.2 Å². The minimum Gasteiger partial charge on any atom is -0.409 e. The van der Waals surface area contributed by atoms with Crippen molar-refractivity contribution in [2.45, 2.75) is 38.9 Å². The number of nitrogens with zero attached hydrogens (tertiary/aromatic N) is 6. The Labute approximate surface area is 344 Å². The maximum Gasteiger partial charge on any atom is 0.415 e. The summed E-state index contributed by atoms with van der Waals surface area (Å²) in [5, 5.41) is 0.874. The number of anilines is 1. The molecule has 6 aromatic rings. The first-order chi connectivity index (χ1) is 28.6. The van der Waals surface area contributed by atoms with E-state index in [0.717, 1.165) is 76.3 Å². The molecular formula is C48H50N6O5. The molecule has 1 atom stereocenters. The number of carbonyl (C=O) groups is 3. The van der Waals surface area contributed by atoms with Crippen LogP contribution >= 0.6 is 0 Å². The van der Waals surface area contributed by atoms with Gasteiger partial charge in [-0.25, -0.2) is 4.79 Å². The van der Waals surface area contributed by atoms with Gasteiger partial charge >= 0.3 is 6.09 Å². The Morgan fingerprint density at radius 2 is 1.56 bits per heavy atom. The van der Waals surface area contributed by atoms with E-state index in [1.54, 1.807) is 16.8 Å². The van der Waals surface area contributed by atoms with Gasteiger partial charge in [0.05, 0.1) is 24.3 Å². The molecule has 11 nitrogen and oxygen atoms in total. The van der Waals surface area contributed by atoms with E-state index in [0.29, 0.717) is 56.1 Å². The molecule has 1 saturated heterocycles. The van der Waals surface area contributed by atoms with Gasteiger partial charge in [0.25, 0.3) is 11.8 Å². The molecule has 4 aromatic carbocycles. The summed E-state index contributed by atoms with van der Waals surface area (Å²) in [4.78, 5) is 51.2. The molecule has 3 aliphatic heterocycles. The highest BCUT2D eigenvalue weighted by Gasteiger charge is 2.35. The number of hydrogen-bond donors (Lipinski definition) is 0. The molecule has 3 aliphatic rings. The van der Waals surface area contributed by atoms with Crippen LogP contribution in [0.3, 0.4) is 0 Å². The first-order valence-electron chi connectivity index (χ1n) is 20.5. The Kier molecular flexibility index (Phi) is 10.3. The highest BCUT2D eigenvalue weighted by molar-refractivity contribution is 6.08. The molecule has 0 aliphatic carbocycles. The molecule has 9 rings (SSSR count). The molecule has 5 heterocycles. The highest BCUT2D eigenvalue weighted by Crippen LogP contribution is 2.36. The third-order valence-electron chi connectivity index (χ3n) is 12.6. The van der Waals surface area contributed by atoms with E-state index in [1.807, 2.05) is 114 Å². The summed E-state index contributed by atoms with van der Waals surface area (Å²) >= 11 is 0. The van der Waals surface area contributed by atoms with Gasteiger partial charge in [0.15, 0.2) is 0 Å². The fourth-order valence-electron chi connectivity index (χ4n) is 9.02. The Hall–Kier alpha value is -6.17. The number of para-hydroxylation sites is 1. The van der Waals surface area contributed by atoms with Gasteiger partial charge in [-0.05, 0) is 90.6 Å². The van der Waals surface area contributed by atoms with Crippen LogP contribution in [0.1, 0.15) is 48.7 Å². The standard InChI is InChI=1S/C48H50N6O5/c1-32-40(46(55)51(4)37-13-6-5-7-14-37)28-44(50(32)3)41-26-34-17-20-53(48(57)59-45-16-10-15-43-39(45)18-19-49(43)2)29-36(34)27-42(41)47(56)54-30-35-12-9-8-11-33(35)25-38(54)31-52-21-23-58-24-22-52/h5-16,18-19,26-28,38H,17,20-25,29-31H2,1-4H3/t38-/m0/s1. The maximum atomic E-state index is 15.4. The van der Waals surface area contributed by atoms with E-state index in [9.17, 15) is 9.59 Å². The predicted molar refractivity (Wildman–Crippen MR) is 229 cm³/mol. The van der Waals surface area contributed by atoms with Crippen molar-refractivity contribution >= 4 is 34.5 Å². The van der Waals surface area contributed by atoms with E-state index in [-0.39, 0.29) is 17.9 Å². The van der Waals surface area contributed by atoms with Gasteiger partial charge in [-0.2, -0.15) is 0 Å². The van der Waals surface area contributed by atoms with Gasteiger partial charge in [0.1, 0.15) is 5.75 Å². The van der Waals surface area contributed by atoms with Crippen LogP contribution in [0.4, 0.5) is 10.5 Å². The van der Waals surface area contributed by atoms with Crippen LogP contribution in [-0.2, 0) is 44.8 Å². The maximum absolute atomic E-state index is 15.4. The normalized spacial score (nSPS) is 16.8. The van der Waals surface area contributed by atoms with Gasteiger partial charge in [0.2, 0.25) is 0 Å². The Bertz CT molecular complexity index is 2570. The Balaban J connectivity index is 1.10. The molecular weight excluding hydrogens is 741 g/mol. The summed E-state index contributed by atoms with van der Waals surface area (Å²) in [7, 11) is 5.72. The molecule has 0 N–H and O–H groups in total. The lowest BCUT2D eigenvalue weighted by Crippen LogP contribution is -2.52. The lowest BCUT2D eigenvalue weighted by molar-refractivity contribution is 0.0193. The number of morpholine rings is 1. The first kappa shape index (κ1) is 38.4. The zero-order valence-electron chi connectivity index (χ0n) is 34.2. The monoisotopic (exact) mass is 790 g/mol. The topological polar surface area (TPSA) is 92.5 Å². The molecule has 0 unspecified atom stereocenters.